The van der Waals surface area contributed by atoms with Crippen molar-refractivity contribution in [2.45, 2.75) is 37.9 Å². The molecule has 2 fully saturated rings. The molecule has 1 saturated heterocycles. The molecule has 2 aliphatic rings. The van der Waals surface area contributed by atoms with Gasteiger partial charge in [-0.15, -0.1) is 0 Å². The average molecular weight is 154 g/mol. The van der Waals surface area contributed by atoms with Crippen molar-refractivity contribution in [2.24, 2.45) is 0 Å². The zero-order valence-corrected chi connectivity index (χ0v) is 6.77. The van der Waals surface area contributed by atoms with Crippen LogP contribution >= 0.6 is 0 Å². The van der Waals surface area contributed by atoms with Crippen LogP contribution in [0.3, 0.4) is 0 Å². The van der Waals surface area contributed by atoms with Crippen molar-refractivity contribution in [3.63, 3.8) is 0 Å². The lowest BCUT2D eigenvalue weighted by Gasteiger charge is -2.30. The van der Waals surface area contributed by atoms with Crippen molar-refractivity contribution in [3.05, 3.63) is 12.3 Å². The summed E-state index contributed by atoms with van der Waals surface area (Å²) in [7, 11) is 0. The molecule has 2 heteroatoms. The van der Waals surface area contributed by atoms with Crippen LogP contribution in [0.15, 0.2) is 12.3 Å². The molecule has 62 valence electrons. The SMILES string of the molecule is C=C1COC2(CCCCC2)O1. The number of ether oxygens (including phenoxy) is 2. The first-order chi connectivity index (χ1) is 5.31. The van der Waals surface area contributed by atoms with E-state index in [4.69, 9.17) is 9.47 Å². The van der Waals surface area contributed by atoms with E-state index < -0.39 is 0 Å². The molecule has 0 amide bonds. The summed E-state index contributed by atoms with van der Waals surface area (Å²) in [5.41, 5.74) is 0. The van der Waals surface area contributed by atoms with Gasteiger partial charge in [0.2, 0.25) is 5.79 Å². The first-order valence-corrected chi connectivity index (χ1v) is 4.32. The van der Waals surface area contributed by atoms with E-state index in [9.17, 15) is 0 Å². The maximum absolute atomic E-state index is 5.57. The summed E-state index contributed by atoms with van der Waals surface area (Å²) in [6.45, 7) is 4.35. The van der Waals surface area contributed by atoms with Gasteiger partial charge in [0.15, 0.2) is 0 Å². The minimum atomic E-state index is -0.255. The largest absolute Gasteiger partial charge is 0.465 e. The zero-order chi connectivity index (χ0) is 7.73. The van der Waals surface area contributed by atoms with E-state index in [1.165, 1.54) is 19.3 Å². The predicted octanol–water partition coefficient (Wildman–Crippen LogP) is 2.21. The van der Waals surface area contributed by atoms with Crippen molar-refractivity contribution in [3.8, 4) is 0 Å². The molecule has 0 bridgehead atoms. The lowest BCUT2D eigenvalue weighted by Crippen LogP contribution is -2.32. The molecule has 0 aromatic carbocycles. The topological polar surface area (TPSA) is 18.5 Å². The molecule has 0 aromatic heterocycles. The van der Waals surface area contributed by atoms with E-state index >= 15 is 0 Å². The second-order valence-electron chi connectivity index (χ2n) is 3.40. The second-order valence-corrected chi connectivity index (χ2v) is 3.40. The van der Waals surface area contributed by atoms with E-state index in [1.807, 2.05) is 0 Å². The van der Waals surface area contributed by atoms with Crippen molar-refractivity contribution in [1.82, 2.24) is 0 Å². The summed E-state index contributed by atoms with van der Waals surface area (Å²) >= 11 is 0. The third-order valence-corrected chi connectivity index (χ3v) is 2.44. The first-order valence-electron chi connectivity index (χ1n) is 4.32. The smallest absolute Gasteiger partial charge is 0.210 e. The Hall–Kier alpha value is -0.500. The first kappa shape index (κ1) is 7.17. The van der Waals surface area contributed by atoms with Gasteiger partial charge in [-0.05, 0) is 12.8 Å². The van der Waals surface area contributed by atoms with Gasteiger partial charge < -0.3 is 9.47 Å². The quantitative estimate of drug-likeness (QED) is 0.532. The number of rotatable bonds is 0. The van der Waals surface area contributed by atoms with E-state index in [2.05, 4.69) is 6.58 Å². The fourth-order valence-corrected chi connectivity index (χ4v) is 1.87. The van der Waals surface area contributed by atoms with Gasteiger partial charge in [0.1, 0.15) is 12.4 Å². The molecule has 0 atom stereocenters. The van der Waals surface area contributed by atoms with Gasteiger partial charge in [-0.2, -0.15) is 0 Å². The molecule has 1 aliphatic carbocycles. The Morgan fingerprint density at radius 3 is 2.45 bits per heavy atom. The Morgan fingerprint density at radius 2 is 1.91 bits per heavy atom. The third kappa shape index (κ3) is 1.27. The van der Waals surface area contributed by atoms with Crippen LogP contribution in [0, 0.1) is 0 Å². The van der Waals surface area contributed by atoms with Crippen LogP contribution in [-0.2, 0) is 9.47 Å². The molecule has 1 spiro atoms. The molecule has 11 heavy (non-hydrogen) atoms. The number of hydrogen-bond donors (Lipinski definition) is 0. The van der Waals surface area contributed by atoms with Gasteiger partial charge in [0.05, 0.1) is 0 Å². The minimum absolute atomic E-state index is 0.255. The Balaban J connectivity index is 2.03. The number of hydrogen-bond acceptors (Lipinski definition) is 2. The van der Waals surface area contributed by atoms with Gasteiger partial charge in [0, 0.05) is 12.8 Å². The van der Waals surface area contributed by atoms with E-state index in [-0.39, 0.29) is 5.79 Å². The highest BCUT2D eigenvalue weighted by molar-refractivity contribution is 4.94. The van der Waals surface area contributed by atoms with Gasteiger partial charge in [0.25, 0.3) is 0 Å². The van der Waals surface area contributed by atoms with Crippen LogP contribution in [-0.4, -0.2) is 12.4 Å². The summed E-state index contributed by atoms with van der Waals surface area (Å²) < 4.78 is 11.1. The summed E-state index contributed by atoms with van der Waals surface area (Å²) in [6, 6.07) is 0. The molecule has 1 aliphatic heterocycles. The fourth-order valence-electron chi connectivity index (χ4n) is 1.87. The monoisotopic (exact) mass is 154 g/mol. The predicted molar refractivity (Wildman–Crippen MR) is 42.0 cm³/mol. The lowest BCUT2D eigenvalue weighted by atomic mass is 9.94. The van der Waals surface area contributed by atoms with E-state index in [1.54, 1.807) is 0 Å². The summed E-state index contributed by atoms with van der Waals surface area (Å²) in [5, 5.41) is 0. The Labute approximate surface area is 67.2 Å². The average Bonchev–Trinajstić information content (AvgIpc) is 2.34. The highest BCUT2D eigenvalue weighted by Gasteiger charge is 2.39. The van der Waals surface area contributed by atoms with Gasteiger partial charge in [-0.1, -0.05) is 13.0 Å². The Bertz CT molecular complexity index is 168. The molecule has 0 radical (unpaired) electrons. The molecule has 1 heterocycles. The van der Waals surface area contributed by atoms with Gasteiger partial charge in [-0.3, -0.25) is 0 Å². The van der Waals surface area contributed by atoms with Crippen molar-refractivity contribution >= 4 is 0 Å². The van der Waals surface area contributed by atoms with Gasteiger partial charge in [-0.25, -0.2) is 0 Å². The molecular formula is C9H14O2. The normalized spacial score (nSPS) is 28.9. The summed E-state index contributed by atoms with van der Waals surface area (Å²) in [6.07, 6.45) is 5.87. The summed E-state index contributed by atoms with van der Waals surface area (Å²) in [5.74, 6) is 0.543. The zero-order valence-electron chi connectivity index (χ0n) is 6.77. The lowest BCUT2D eigenvalue weighted by molar-refractivity contribution is -0.168. The minimum Gasteiger partial charge on any atom is -0.465 e. The maximum Gasteiger partial charge on any atom is 0.210 e. The Morgan fingerprint density at radius 1 is 1.18 bits per heavy atom. The van der Waals surface area contributed by atoms with Crippen LogP contribution in [0.1, 0.15) is 32.1 Å². The highest BCUT2D eigenvalue weighted by Crippen LogP contribution is 2.38. The summed E-state index contributed by atoms with van der Waals surface area (Å²) in [4.78, 5) is 0. The molecule has 0 aromatic rings. The molecule has 0 N–H and O–H groups in total. The van der Waals surface area contributed by atoms with Gasteiger partial charge >= 0.3 is 0 Å². The van der Waals surface area contributed by atoms with Crippen molar-refractivity contribution in [1.29, 1.82) is 0 Å². The third-order valence-electron chi connectivity index (χ3n) is 2.44. The fraction of sp³-hybridized carbons (Fsp3) is 0.778. The molecule has 2 nitrogen and oxygen atoms in total. The highest BCUT2D eigenvalue weighted by atomic mass is 16.7. The standard InChI is InChI=1S/C9H14O2/c1-8-7-10-9(11-8)5-3-2-4-6-9/h1-7H2. The molecule has 0 unspecified atom stereocenters. The van der Waals surface area contributed by atoms with Crippen molar-refractivity contribution < 1.29 is 9.47 Å². The van der Waals surface area contributed by atoms with Crippen molar-refractivity contribution in [2.75, 3.05) is 6.61 Å². The van der Waals surface area contributed by atoms with Crippen LogP contribution in [0.4, 0.5) is 0 Å². The molecule has 2 rings (SSSR count). The van der Waals surface area contributed by atoms with E-state index in [0.29, 0.717) is 6.61 Å². The van der Waals surface area contributed by atoms with Crippen LogP contribution in [0.5, 0.6) is 0 Å². The maximum atomic E-state index is 5.57. The van der Waals surface area contributed by atoms with Crippen LogP contribution in [0.25, 0.3) is 0 Å². The molecule has 1 saturated carbocycles. The second kappa shape index (κ2) is 2.52. The van der Waals surface area contributed by atoms with Crippen LogP contribution < -0.4 is 0 Å². The molecular weight excluding hydrogens is 140 g/mol. The van der Waals surface area contributed by atoms with Crippen LogP contribution in [0.2, 0.25) is 0 Å². The Kier molecular flexibility index (Phi) is 1.64. The van der Waals surface area contributed by atoms with E-state index in [0.717, 1.165) is 18.6 Å².